The second-order valence-corrected chi connectivity index (χ2v) is 4.82. The van der Waals surface area contributed by atoms with Crippen molar-refractivity contribution in [1.82, 2.24) is 14.8 Å². The third kappa shape index (κ3) is 2.57. The zero-order valence-corrected chi connectivity index (χ0v) is 13.3. The molecule has 2 aromatic heterocycles. The number of aromatic nitrogens is 3. The van der Waals surface area contributed by atoms with Crippen LogP contribution >= 0.6 is 0 Å². The van der Waals surface area contributed by atoms with Gasteiger partial charge in [-0.2, -0.15) is 5.10 Å². The first kappa shape index (κ1) is 15.3. The van der Waals surface area contributed by atoms with Crippen molar-refractivity contribution in [3.05, 3.63) is 17.5 Å². The van der Waals surface area contributed by atoms with E-state index in [1.165, 1.54) is 0 Å². The summed E-state index contributed by atoms with van der Waals surface area (Å²) in [6, 6.07) is 0. The van der Waals surface area contributed by atoms with Gasteiger partial charge in [0.05, 0.1) is 23.4 Å². The largest absolute Gasteiger partial charge is 0.462 e. The first-order valence-electron chi connectivity index (χ1n) is 7.29. The third-order valence-electron chi connectivity index (χ3n) is 3.57. The topological polar surface area (TPSA) is 60.2 Å². The van der Waals surface area contributed by atoms with Gasteiger partial charge in [-0.1, -0.05) is 0 Å². The standard InChI is InChI=1S/C15H22N4O2/c1-6-19(7-2)13-11(15(20)21-8-3)9-16-14-12(13)10(4)17-18(14)5/h9H,6-8H2,1-5H3. The highest BCUT2D eigenvalue weighted by molar-refractivity contribution is 6.05. The van der Waals surface area contributed by atoms with Crippen LogP contribution in [-0.4, -0.2) is 40.4 Å². The Bertz CT molecular complexity index is 659. The van der Waals surface area contributed by atoms with E-state index in [9.17, 15) is 4.79 Å². The minimum atomic E-state index is -0.336. The molecule has 0 bridgehead atoms. The van der Waals surface area contributed by atoms with Gasteiger partial charge in [-0.15, -0.1) is 0 Å². The van der Waals surface area contributed by atoms with E-state index in [0.29, 0.717) is 12.2 Å². The monoisotopic (exact) mass is 290 g/mol. The van der Waals surface area contributed by atoms with E-state index in [-0.39, 0.29) is 5.97 Å². The van der Waals surface area contributed by atoms with Crippen molar-refractivity contribution in [2.45, 2.75) is 27.7 Å². The summed E-state index contributed by atoms with van der Waals surface area (Å²) in [7, 11) is 1.86. The Labute approximate surface area is 124 Å². The van der Waals surface area contributed by atoms with Crippen LogP contribution in [0.3, 0.4) is 0 Å². The van der Waals surface area contributed by atoms with Gasteiger partial charge in [0.15, 0.2) is 5.65 Å². The maximum atomic E-state index is 12.2. The number of anilines is 1. The molecule has 0 saturated carbocycles. The van der Waals surface area contributed by atoms with Gasteiger partial charge in [-0.05, 0) is 27.7 Å². The summed E-state index contributed by atoms with van der Waals surface area (Å²) in [6.45, 7) is 9.82. The highest BCUT2D eigenvalue weighted by Crippen LogP contribution is 2.32. The second-order valence-electron chi connectivity index (χ2n) is 4.82. The number of carbonyl (C=O) groups excluding carboxylic acids is 1. The van der Waals surface area contributed by atoms with Crippen molar-refractivity contribution >= 4 is 22.7 Å². The van der Waals surface area contributed by atoms with Gasteiger partial charge in [0.25, 0.3) is 0 Å². The number of fused-ring (bicyclic) bond motifs is 1. The molecule has 2 aromatic rings. The number of hydrogen-bond acceptors (Lipinski definition) is 5. The maximum absolute atomic E-state index is 12.2. The summed E-state index contributed by atoms with van der Waals surface area (Å²) in [6.07, 6.45) is 1.59. The molecule has 0 saturated heterocycles. The van der Waals surface area contributed by atoms with Gasteiger partial charge in [-0.25, -0.2) is 9.78 Å². The molecule has 2 heterocycles. The van der Waals surface area contributed by atoms with Gasteiger partial charge >= 0.3 is 5.97 Å². The van der Waals surface area contributed by atoms with Gasteiger partial charge in [0.1, 0.15) is 5.56 Å². The van der Waals surface area contributed by atoms with Gasteiger partial charge in [0, 0.05) is 26.3 Å². The Morgan fingerprint density at radius 3 is 2.57 bits per heavy atom. The summed E-state index contributed by atoms with van der Waals surface area (Å²) in [5.74, 6) is -0.336. The van der Waals surface area contributed by atoms with E-state index in [0.717, 1.165) is 35.5 Å². The molecule has 0 fully saturated rings. The molecular weight excluding hydrogens is 268 g/mol. The van der Waals surface area contributed by atoms with Crippen molar-refractivity contribution in [2.24, 2.45) is 7.05 Å². The molecule has 0 unspecified atom stereocenters. The summed E-state index contributed by atoms with van der Waals surface area (Å²) in [5, 5.41) is 5.35. The lowest BCUT2D eigenvalue weighted by atomic mass is 10.1. The average molecular weight is 290 g/mol. The van der Waals surface area contributed by atoms with Crippen molar-refractivity contribution in [3.63, 3.8) is 0 Å². The third-order valence-corrected chi connectivity index (χ3v) is 3.57. The molecule has 2 rings (SSSR count). The minimum Gasteiger partial charge on any atom is -0.462 e. The molecule has 0 N–H and O–H groups in total. The fraction of sp³-hybridized carbons (Fsp3) is 0.533. The van der Waals surface area contributed by atoms with Crippen LogP contribution in [0.4, 0.5) is 5.69 Å². The Kier molecular flexibility index (Phi) is 4.45. The van der Waals surface area contributed by atoms with Crippen LogP contribution in [0.25, 0.3) is 11.0 Å². The fourth-order valence-electron chi connectivity index (χ4n) is 2.62. The highest BCUT2D eigenvalue weighted by atomic mass is 16.5. The predicted molar refractivity (Wildman–Crippen MR) is 82.8 cm³/mol. The molecular formula is C15H22N4O2. The number of esters is 1. The van der Waals surface area contributed by atoms with Crippen LogP contribution in [0.15, 0.2) is 6.20 Å². The molecule has 114 valence electrons. The number of ether oxygens (including phenoxy) is 1. The average Bonchev–Trinajstić information content (AvgIpc) is 2.76. The Morgan fingerprint density at radius 2 is 2.00 bits per heavy atom. The van der Waals surface area contributed by atoms with Crippen molar-refractivity contribution in [3.8, 4) is 0 Å². The quantitative estimate of drug-likeness (QED) is 0.791. The second kappa shape index (κ2) is 6.11. The first-order chi connectivity index (χ1) is 10.0. The van der Waals surface area contributed by atoms with Crippen LogP contribution in [-0.2, 0) is 11.8 Å². The molecule has 0 aliphatic heterocycles. The highest BCUT2D eigenvalue weighted by Gasteiger charge is 2.23. The molecule has 6 heteroatoms. The zero-order valence-electron chi connectivity index (χ0n) is 13.3. The Morgan fingerprint density at radius 1 is 1.33 bits per heavy atom. The summed E-state index contributed by atoms with van der Waals surface area (Å²) >= 11 is 0. The van der Waals surface area contributed by atoms with Crippen LogP contribution < -0.4 is 4.90 Å². The smallest absolute Gasteiger partial charge is 0.341 e. The summed E-state index contributed by atoms with van der Waals surface area (Å²) in [5.41, 5.74) is 3.02. The number of rotatable bonds is 5. The van der Waals surface area contributed by atoms with Crippen molar-refractivity contribution < 1.29 is 9.53 Å². The number of pyridine rings is 1. The summed E-state index contributed by atoms with van der Waals surface area (Å²) < 4.78 is 6.91. The molecule has 0 aromatic carbocycles. The van der Waals surface area contributed by atoms with Crippen molar-refractivity contribution in [1.29, 1.82) is 0 Å². The zero-order chi connectivity index (χ0) is 15.6. The molecule has 0 spiro atoms. The number of hydrogen-bond donors (Lipinski definition) is 0. The first-order valence-corrected chi connectivity index (χ1v) is 7.29. The van der Waals surface area contributed by atoms with Gasteiger partial charge in [0.2, 0.25) is 0 Å². The SMILES string of the molecule is CCOC(=O)c1cnc2c(c(C)nn2C)c1N(CC)CC. The van der Waals surface area contributed by atoms with Crippen LogP contribution in [0.2, 0.25) is 0 Å². The van der Waals surface area contributed by atoms with Gasteiger partial charge in [-0.3, -0.25) is 4.68 Å². The molecule has 0 radical (unpaired) electrons. The van der Waals surface area contributed by atoms with Crippen LogP contribution in [0.1, 0.15) is 36.8 Å². The van der Waals surface area contributed by atoms with Crippen molar-refractivity contribution in [2.75, 3.05) is 24.6 Å². The lowest BCUT2D eigenvalue weighted by molar-refractivity contribution is 0.0527. The number of nitrogens with zero attached hydrogens (tertiary/aromatic N) is 4. The minimum absolute atomic E-state index is 0.336. The number of aryl methyl sites for hydroxylation is 2. The van der Waals surface area contributed by atoms with Crippen LogP contribution in [0.5, 0.6) is 0 Å². The molecule has 6 nitrogen and oxygen atoms in total. The van der Waals surface area contributed by atoms with E-state index >= 15 is 0 Å². The lowest BCUT2D eigenvalue weighted by Gasteiger charge is -2.24. The van der Waals surface area contributed by atoms with Crippen LogP contribution in [0, 0.1) is 6.92 Å². The Balaban J connectivity index is 2.77. The van der Waals surface area contributed by atoms with E-state index in [2.05, 4.69) is 28.8 Å². The Hall–Kier alpha value is -2.11. The molecule has 21 heavy (non-hydrogen) atoms. The number of carbonyl (C=O) groups is 1. The van der Waals surface area contributed by atoms with E-state index in [4.69, 9.17) is 4.74 Å². The van der Waals surface area contributed by atoms with Gasteiger partial charge < -0.3 is 9.64 Å². The predicted octanol–water partition coefficient (Wildman–Crippen LogP) is 2.30. The normalized spacial score (nSPS) is 10.9. The molecule has 0 amide bonds. The van der Waals surface area contributed by atoms with E-state index < -0.39 is 0 Å². The summed E-state index contributed by atoms with van der Waals surface area (Å²) in [4.78, 5) is 18.8. The molecule has 0 aliphatic rings. The fourth-order valence-corrected chi connectivity index (χ4v) is 2.62. The molecule has 0 aliphatic carbocycles. The van der Waals surface area contributed by atoms with E-state index in [1.54, 1.807) is 17.8 Å². The maximum Gasteiger partial charge on any atom is 0.341 e. The molecule has 0 atom stereocenters. The lowest BCUT2D eigenvalue weighted by Crippen LogP contribution is -2.25. The van der Waals surface area contributed by atoms with E-state index in [1.807, 2.05) is 14.0 Å².